The van der Waals surface area contributed by atoms with Crippen LogP contribution in [0, 0.1) is 6.92 Å². The molecule has 0 radical (unpaired) electrons. The van der Waals surface area contributed by atoms with Crippen molar-refractivity contribution in [1.29, 1.82) is 0 Å². The third-order valence-corrected chi connectivity index (χ3v) is 4.64. The lowest BCUT2D eigenvalue weighted by Crippen LogP contribution is -2.24. The molecule has 0 spiro atoms. The summed E-state index contributed by atoms with van der Waals surface area (Å²) in [5.74, 6) is 0.454. The smallest absolute Gasteiger partial charge is 0.230 e. The molecule has 5 heteroatoms. The Hall–Kier alpha value is -1.46. The summed E-state index contributed by atoms with van der Waals surface area (Å²) >= 11 is 3.16. The van der Waals surface area contributed by atoms with Crippen LogP contribution in [0.1, 0.15) is 10.4 Å². The predicted molar refractivity (Wildman–Crippen MR) is 82.5 cm³/mol. The highest BCUT2D eigenvalue weighted by molar-refractivity contribution is 8.00. The fraction of sp³-hybridized carbons (Fsp3) is 0.214. The van der Waals surface area contributed by atoms with E-state index in [1.807, 2.05) is 42.6 Å². The van der Waals surface area contributed by atoms with Gasteiger partial charge in [-0.2, -0.15) is 0 Å². The summed E-state index contributed by atoms with van der Waals surface area (Å²) in [5.41, 5.74) is 7.62. The number of hydrogen-bond donors (Lipinski definition) is 2. The highest BCUT2D eigenvalue weighted by Gasteiger charge is 2.05. The Morgan fingerprint density at radius 1 is 1.42 bits per heavy atom. The van der Waals surface area contributed by atoms with Gasteiger partial charge >= 0.3 is 0 Å². The van der Waals surface area contributed by atoms with Gasteiger partial charge in [-0.25, -0.2) is 0 Å². The molecular weight excluding hydrogens is 276 g/mol. The first-order chi connectivity index (χ1) is 9.15. The molecule has 0 unspecified atom stereocenters. The zero-order valence-electron chi connectivity index (χ0n) is 10.7. The molecule has 19 heavy (non-hydrogen) atoms. The molecule has 0 aliphatic carbocycles. The average molecular weight is 292 g/mol. The Balaban J connectivity index is 1.81. The molecule has 0 fully saturated rings. The van der Waals surface area contributed by atoms with Gasteiger partial charge in [0.05, 0.1) is 12.3 Å². The van der Waals surface area contributed by atoms with E-state index >= 15 is 0 Å². The minimum absolute atomic E-state index is 0.0419. The summed E-state index contributed by atoms with van der Waals surface area (Å²) in [5, 5.41) is 4.92. The largest absolute Gasteiger partial charge is 0.399 e. The van der Waals surface area contributed by atoms with Gasteiger partial charge in [0.25, 0.3) is 0 Å². The van der Waals surface area contributed by atoms with Gasteiger partial charge in [-0.3, -0.25) is 4.79 Å². The number of carbonyl (C=O) groups excluding carboxylic acids is 1. The maximum absolute atomic E-state index is 11.7. The molecule has 3 N–H and O–H groups in total. The zero-order valence-corrected chi connectivity index (χ0v) is 12.3. The second-order valence-corrected chi connectivity index (χ2v) is 6.22. The summed E-state index contributed by atoms with van der Waals surface area (Å²) in [6.45, 7) is 2.62. The van der Waals surface area contributed by atoms with Gasteiger partial charge in [0.1, 0.15) is 0 Å². The summed E-state index contributed by atoms with van der Waals surface area (Å²) < 4.78 is 0. The van der Waals surface area contributed by atoms with Crippen LogP contribution in [0.25, 0.3) is 0 Å². The monoisotopic (exact) mass is 292 g/mol. The van der Waals surface area contributed by atoms with E-state index in [-0.39, 0.29) is 5.91 Å². The fourth-order valence-electron chi connectivity index (χ4n) is 1.57. The Morgan fingerprint density at radius 2 is 2.26 bits per heavy atom. The average Bonchev–Trinajstić information content (AvgIpc) is 2.90. The van der Waals surface area contributed by atoms with Crippen molar-refractivity contribution in [3.63, 3.8) is 0 Å². The quantitative estimate of drug-likeness (QED) is 0.658. The maximum Gasteiger partial charge on any atom is 0.230 e. The van der Waals surface area contributed by atoms with Crippen molar-refractivity contribution in [2.24, 2.45) is 0 Å². The van der Waals surface area contributed by atoms with Gasteiger partial charge in [0, 0.05) is 15.5 Å². The molecular formula is C14H16N2OS2. The SMILES string of the molecule is Cc1ccc(N)cc1SCC(=O)NCc1cccs1. The molecule has 0 saturated heterocycles. The van der Waals surface area contributed by atoms with Gasteiger partial charge in [-0.1, -0.05) is 12.1 Å². The minimum Gasteiger partial charge on any atom is -0.399 e. The maximum atomic E-state index is 11.7. The van der Waals surface area contributed by atoms with Crippen molar-refractivity contribution in [1.82, 2.24) is 5.32 Å². The Labute approximate surface area is 121 Å². The molecule has 1 heterocycles. The molecule has 0 atom stereocenters. The van der Waals surface area contributed by atoms with Crippen molar-refractivity contribution in [2.45, 2.75) is 18.4 Å². The van der Waals surface area contributed by atoms with Crippen LogP contribution in [0.4, 0.5) is 5.69 Å². The van der Waals surface area contributed by atoms with E-state index in [2.05, 4.69) is 5.32 Å². The third-order valence-electron chi connectivity index (χ3n) is 2.61. The molecule has 100 valence electrons. The van der Waals surface area contributed by atoms with Crippen molar-refractivity contribution >= 4 is 34.7 Å². The minimum atomic E-state index is 0.0419. The van der Waals surface area contributed by atoms with Crippen LogP contribution in [0.3, 0.4) is 0 Å². The first-order valence-electron chi connectivity index (χ1n) is 5.93. The first kappa shape index (κ1) is 14.0. The van der Waals surface area contributed by atoms with E-state index in [0.717, 1.165) is 16.1 Å². The fourth-order valence-corrected chi connectivity index (χ4v) is 3.11. The van der Waals surface area contributed by atoms with E-state index in [0.29, 0.717) is 12.3 Å². The van der Waals surface area contributed by atoms with Gasteiger partial charge < -0.3 is 11.1 Å². The van der Waals surface area contributed by atoms with Crippen LogP contribution in [0.15, 0.2) is 40.6 Å². The summed E-state index contributed by atoms with van der Waals surface area (Å²) in [4.78, 5) is 14.0. The number of benzene rings is 1. The number of carbonyl (C=O) groups is 1. The molecule has 2 rings (SSSR count). The Kier molecular flexibility index (Phi) is 4.87. The number of anilines is 1. The third kappa shape index (κ3) is 4.29. The summed E-state index contributed by atoms with van der Waals surface area (Å²) in [7, 11) is 0. The van der Waals surface area contributed by atoms with Crippen LogP contribution in [-0.2, 0) is 11.3 Å². The highest BCUT2D eigenvalue weighted by atomic mass is 32.2. The summed E-state index contributed by atoms with van der Waals surface area (Å²) in [6, 6.07) is 9.75. The molecule has 0 saturated carbocycles. The number of aryl methyl sites for hydroxylation is 1. The number of thioether (sulfide) groups is 1. The highest BCUT2D eigenvalue weighted by Crippen LogP contribution is 2.24. The van der Waals surface area contributed by atoms with Crippen LogP contribution >= 0.6 is 23.1 Å². The van der Waals surface area contributed by atoms with Crippen LogP contribution in [0.5, 0.6) is 0 Å². The zero-order chi connectivity index (χ0) is 13.7. The van der Waals surface area contributed by atoms with Crippen molar-refractivity contribution in [2.75, 3.05) is 11.5 Å². The lowest BCUT2D eigenvalue weighted by atomic mass is 10.2. The van der Waals surface area contributed by atoms with Crippen molar-refractivity contribution in [3.05, 3.63) is 46.2 Å². The normalized spacial score (nSPS) is 10.4. The number of nitrogen functional groups attached to an aromatic ring is 1. The number of rotatable bonds is 5. The number of hydrogen-bond acceptors (Lipinski definition) is 4. The van der Waals surface area contributed by atoms with Crippen LogP contribution < -0.4 is 11.1 Å². The molecule has 0 aliphatic rings. The molecule has 0 aliphatic heterocycles. The topological polar surface area (TPSA) is 55.1 Å². The Bertz CT molecular complexity index is 553. The lowest BCUT2D eigenvalue weighted by molar-refractivity contribution is -0.118. The van der Waals surface area contributed by atoms with Crippen LogP contribution in [0.2, 0.25) is 0 Å². The van der Waals surface area contributed by atoms with E-state index in [4.69, 9.17) is 5.73 Å². The Morgan fingerprint density at radius 3 is 3.00 bits per heavy atom. The lowest BCUT2D eigenvalue weighted by Gasteiger charge is -2.07. The predicted octanol–water partition coefficient (Wildman–Crippen LogP) is 3.05. The molecule has 2 aromatic rings. The molecule has 3 nitrogen and oxygen atoms in total. The van der Waals surface area contributed by atoms with E-state index in [1.54, 1.807) is 11.3 Å². The van der Waals surface area contributed by atoms with E-state index in [9.17, 15) is 4.79 Å². The molecule has 1 aromatic heterocycles. The number of nitrogens with one attached hydrogen (secondary N) is 1. The first-order valence-corrected chi connectivity index (χ1v) is 7.79. The molecule has 0 bridgehead atoms. The molecule has 1 amide bonds. The number of thiophene rings is 1. The van der Waals surface area contributed by atoms with E-state index < -0.39 is 0 Å². The van der Waals surface area contributed by atoms with Gasteiger partial charge in [-0.05, 0) is 36.1 Å². The van der Waals surface area contributed by atoms with Gasteiger partial charge in [0.2, 0.25) is 5.91 Å². The van der Waals surface area contributed by atoms with Gasteiger partial charge in [0.15, 0.2) is 0 Å². The van der Waals surface area contributed by atoms with Crippen LogP contribution in [-0.4, -0.2) is 11.7 Å². The number of amides is 1. The van der Waals surface area contributed by atoms with Gasteiger partial charge in [-0.15, -0.1) is 23.1 Å². The second kappa shape index (κ2) is 6.63. The van der Waals surface area contributed by atoms with Crippen molar-refractivity contribution in [3.8, 4) is 0 Å². The molecule has 1 aromatic carbocycles. The summed E-state index contributed by atoms with van der Waals surface area (Å²) in [6.07, 6.45) is 0. The second-order valence-electron chi connectivity index (χ2n) is 4.17. The van der Waals surface area contributed by atoms with Crippen molar-refractivity contribution < 1.29 is 4.79 Å². The standard InChI is InChI=1S/C14H16N2OS2/c1-10-4-5-11(15)7-13(10)19-9-14(17)16-8-12-3-2-6-18-12/h2-7H,8-9,15H2,1H3,(H,16,17). The van der Waals surface area contributed by atoms with E-state index in [1.165, 1.54) is 16.6 Å². The number of nitrogens with two attached hydrogens (primary N) is 1.